The number of piperidine rings is 1. The summed E-state index contributed by atoms with van der Waals surface area (Å²) in [5.41, 5.74) is 4.24. The molecule has 3 heterocycles. The van der Waals surface area contributed by atoms with Gasteiger partial charge in [0.15, 0.2) is 5.58 Å². The lowest BCUT2D eigenvalue weighted by Gasteiger charge is -2.31. The highest BCUT2D eigenvalue weighted by molar-refractivity contribution is 7.10. The number of likely N-dealkylation sites (tertiary alicyclic amines) is 1. The number of rotatable bonds is 10. The molecule has 2 aromatic heterocycles. The molecule has 2 fully saturated rings. The Balaban J connectivity index is 1.19. The van der Waals surface area contributed by atoms with Crippen molar-refractivity contribution in [3.63, 3.8) is 0 Å². The van der Waals surface area contributed by atoms with Crippen LogP contribution >= 0.6 is 11.3 Å². The number of hydrogen-bond donors (Lipinski definition) is 0. The van der Waals surface area contributed by atoms with Crippen molar-refractivity contribution in [1.82, 2.24) is 15.0 Å². The molecule has 0 N–H and O–H groups in total. The van der Waals surface area contributed by atoms with Gasteiger partial charge in [-0.05, 0) is 107 Å². The topological polar surface area (TPSA) is 65.5 Å². The lowest BCUT2D eigenvalue weighted by Crippen LogP contribution is -2.33. The second kappa shape index (κ2) is 10.5. The molecule has 5 rings (SSSR count). The van der Waals surface area contributed by atoms with E-state index in [-0.39, 0.29) is 0 Å². The Hall–Kier alpha value is -2.40. The lowest BCUT2D eigenvalue weighted by molar-refractivity contribution is 0.172. The summed E-state index contributed by atoms with van der Waals surface area (Å²) >= 11 is 1.54. The first-order valence-electron chi connectivity index (χ1n) is 12.5. The fourth-order valence-corrected chi connectivity index (χ4v) is 5.64. The van der Waals surface area contributed by atoms with Crippen LogP contribution in [-0.4, -0.2) is 48.7 Å². The van der Waals surface area contributed by atoms with Gasteiger partial charge in [-0.2, -0.15) is 5.26 Å². The van der Waals surface area contributed by atoms with E-state index >= 15 is 0 Å². The number of ether oxygens (including phenoxy) is 1. The van der Waals surface area contributed by atoms with E-state index in [1.165, 1.54) is 31.2 Å². The Kier molecular flexibility index (Phi) is 7.19. The van der Waals surface area contributed by atoms with Gasteiger partial charge < -0.3 is 14.2 Å². The van der Waals surface area contributed by atoms with Crippen LogP contribution in [0.2, 0.25) is 0 Å². The Morgan fingerprint density at radius 2 is 2.00 bits per heavy atom. The van der Waals surface area contributed by atoms with Crippen molar-refractivity contribution in [1.29, 1.82) is 5.26 Å². The molecule has 0 radical (unpaired) electrons. The summed E-state index contributed by atoms with van der Waals surface area (Å²) < 4.78 is 12.1. The summed E-state index contributed by atoms with van der Waals surface area (Å²) in [5.74, 6) is 2.37. The van der Waals surface area contributed by atoms with E-state index in [0.29, 0.717) is 5.92 Å². The molecular weight excluding hydrogens is 444 g/mol. The standard InChI is InChI=1S/C27H34N4O2S/c1-30(2)17-23-25(32-18-20-3-4-20)8-6-22-24(29-33-27(22)23)7-5-19-9-12-31(13-10-19)16-21-11-14-34-26(21)15-28/h6,8,11,14,19-20H,3-5,7,9-10,12-13,16-18H2,1-2H3. The van der Waals surface area contributed by atoms with Gasteiger partial charge in [-0.15, -0.1) is 11.3 Å². The van der Waals surface area contributed by atoms with Gasteiger partial charge in [0.2, 0.25) is 0 Å². The monoisotopic (exact) mass is 478 g/mol. The third-order valence-corrected chi connectivity index (χ3v) is 8.02. The minimum Gasteiger partial charge on any atom is -0.493 e. The number of thiophene rings is 1. The second-order valence-electron chi connectivity index (χ2n) is 10.2. The molecule has 0 atom stereocenters. The van der Waals surface area contributed by atoms with Gasteiger partial charge in [-0.3, -0.25) is 4.90 Å². The first-order valence-corrected chi connectivity index (χ1v) is 13.3. The lowest BCUT2D eigenvalue weighted by atomic mass is 9.91. The van der Waals surface area contributed by atoms with Crippen molar-refractivity contribution in [3.8, 4) is 11.8 Å². The smallest absolute Gasteiger partial charge is 0.175 e. The quantitative estimate of drug-likeness (QED) is 0.386. The Labute approximate surface area is 206 Å². The minimum atomic E-state index is 0.711. The summed E-state index contributed by atoms with van der Waals surface area (Å²) in [7, 11) is 4.15. The van der Waals surface area contributed by atoms with Crippen LogP contribution in [-0.2, 0) is 19.5 Å². The van der Waals surface area contributed by atoms with Crippen molar-refractivity contribution < 1.29 is 9.26 Å². The van der Waals surface area contributed by atoms with Gasteiger partial charge in [0, 0.05) is 18.5 Å². The Bertz CT molecular complexity index is 1150. The predicted molar refractivity (Wildman–Crippen MR) is 135 cm³/mol. The van der Waals surface area contributed by atoms with Gasteiger partial charge in [-0.1, -0.05) is 5.16 Å². The molecule has 180 valence electrons. The second-order valence-corrected chi connectivity index (χ2v) is 11.1. The fourth-order valence-electron chi connectivity index (χ4n) is 4.94. The summed E-state index contributed by atoms with van der Waals surface area (Å²) in [5, 5.41) is 16.9. The average molecular weight is 479 g/mol. The molecule has 7 heteroatoms. The van der Waals surface area contributed by atoms with Gasteiger partial charge in [-0.25, -0.2) is 0 Å². The molecule has 34 heavy (non-hydrogen) atoms. The zero-order chi connectivity index (χ0) is 23.5. The molecule has 0 bridgehead atoms. The molecular formula is C27H34N4O2S. The first-order chi connectivity index (χ1) is 16.6. The molecule has 1 saturated heterocycles. The highest BCUT2D eigenvalue weighted by atomic mass is 32.1. The molecule has 0 spiro atoms. The van der Waals surface area contributed by atoms with Crippen LogP contribution in [0.3, 0.4) is 0 Å². The summed E-state index contributed by atoms with van der Waals surface area (Å²) in [6.45, 7) is 4.67. The minimum absolute atomic E-state index is 0.711. The fraction of sp³-hybridized carbons (Fsp3) is 0.556. The predicted octanol–water partition coefficient (Wildman–Crippen LogP) is 5.46. The van der Waals surface area contributed by atoms with E-state index in [4.69, 9.17) is 9.26 Å². The highest BCUT2D eigenvalue weighted by Gasteiger charge is 2.25. The maximum absolute atomic E-state index is 9.26. The van der Waals surface area contributed by atoms with Crippen molar-refractivity contribution in [2.45, 2.75) is 51.6 Å². The zero-order valence-electron chi connectivity index (χ0n) is 20.3. The van der Waals surface area contributed by atoms with Gasteiger partial charge >= 0.3 is 0 Å². The highest BCUT2D eigenvalue weighted by Crippen LogP contribution is 2.35. The van der Waals surface area contributed by atoms with Crippen LogP contribution in [0.15, 0.2) is 28.1 Å². The number of benzene rings is 1. The summed E-state index contributed by atoms with van der Waals surface area (Å²) in [4.78, 5) is 5.50. The first kappa shape index (κ1) is 23.3. The number of nitrogens with zero attached hydrogens (tertiary/aromatic N) is 4. The van der Waals surface area contributed by atoms with Crippen molar-refractivity contribution in [2.24, 2.45) is 11.8 Å². The third kappa shape index (κ3) is 5.46. The maximum atomic E-state index is 9.26. The number of fused-ring (bicyclic) bond motifs is 1. The maximum Gasteiger partial charge on any atom is 0.175 e. The largest absolute Gasteiger partial charge is 0.493 e. The van der Waals surface area contributed by atoms with E-state index in [2.05, 4.69) is 53.3 Å². The third-order valence-electron chi connectivity index (χ3n) is 7.16. The molecule has 2 aliphatic rings. The van der Waals surface area contributed by atoms with Gasteiger partial charge in [0.25, 0.3) is 0 Å². The van der Waals surface area contributed by atoms with Crippen LogP contribution in [0, 0.1) is 23.2 Å². The zero-order valence-corrected chi connectivity index (χ0v) is 21.1. The van der Waals surface area contributed by atoms with Crippen LogP contribution in [0.4, 0.5) is 0 Å². The van der Waals surface area contributed by atoms with E-state index in [9.17, 15) is 5.26 Å². The molecule has 3 aromatic rings. The molecule has 6 nitrogen and oxygen atoms in total. The van der Waals surface area contributed by atoms with Crippen molar-refractivity contribution in [2.75, 3.05) is 33.8 Å². The van der Waals surface area contributed by atoms with Crippen LogP contribution in [0.1, 0.15) is 53.8 Å². The van der Waals surface area contributed by atoms with E-state index in [1.807, 2.05) is 5.38 Å². The normalized spacial score (nSPS) is 17.5. The van der Waals surface area contributed by atoms with Crippen molar-refractivity contribution in [3.05, 3.63) is 45.3 Å². The molecule has 1 saturated carbocycles. The molecule has 0 amide bonds. The van der Waals surface area contributed by atoms with Gasteiger partial charge in [0.1, 0.15) is 16.7 Å². The van der Waals surface area contributed by atoms with E-state index in [0.717, 1.165) is 84.4 Å². The Morgan fingerprint density at radius 1 is 1.18 bits per heavy atom. The SMILES string of the molecule is CN(C)Cc1c(OCC2CC2)ccc2c(CCC3CCN(Cc4ccsc4C#N)CC3)noc12. The number of hydrogen-bond acceptors (Lipinski definition) is 7. The van der Waals surface area contributed by atoms with E-state index < -0.39 is 0 Å². The van der Waals surface area contributed by atoms with Crippen LogP contribution < -0.4 is 4.74 Å². The molecule has 1 aliphatic heterocycles. The van der Waals surface area contributed by atoms with Crippen LogP contribution in [0.5, 0.6) is 5.75 Å². The molecule has 0 unspecified atom stereocenters. The van der Waals surface area contributed by atoms with Gasteiger partial charge in [0.05, 0.1) is 17.9 Å². The number of aryl methyl sites for hydroxylation is 1. The molecule has 1 aliphatic carbocycles. The Morgan fingerprint density at radius 3 is 2.74 bits per heavy atom. The summed E-state index contributed by atoms with van der Waals surface area (Å²) in [6.07, 6.45) is 7.06. The summed E-state index contributed by atoms with van der Waals surface area (Å²) in [6, 6.07) is 8.67. The molecule has 1 aromatic carbocycles. The number of nitriles is 1. The average Bonchev–Trinajstić information content (AvgIpc) is 3.40. The van der Waals surface area contributed by atoms with Crippen molar-refractivity contribution >= 4 is 22.3 Å². The number of aromatic nitrogens is 1. The van der Waals surface area contributed by atoms with E-state index in [1.54, 1.807) is 11.3 Å². The van der Waals surface area contributed by atoms with Crippen LogP contribution in [0.25, 0.3) is 11.0 Å².